The predicted octanol–water partition coefficient (Wildman–Crippen LogP) is 4.83. The van der Waals surface area contributed by atoms with Crippen LogP contribution in [0.25, 0.3) is 0 Å². The summed E-state index contributed by atoms with van der Waals surface area (Å²) in [5, 5.41) is 0. The molecule has 0 heteroatoms. The highest BCUT2D eigenvalue weighted by molar-refractivity contribution is 4.81. The third kappa shape index (κ3) is 5.26. The molecule has 0 N–H and O–H groups in total. The molecule has 0 aromatic heterocycles. The van der Waals surface area contributed by atoms with Crippen LogP contribution in [0.4, 0.5) is 0 Å². The van der Waals surface area contributed by atoms with Crippen molar-refractivity contribution in [1.29, 1.82) is 0 Å². The van der Waals surface area contributed by atoms with Crippen LogP contribution in [0.3, 0.4) is 0 Å². The Morgan fingerprint density at radius 3 is 2.29 bits per heavy atom. The molecule has 3 unspecified atom stereocenters. The first-order valence-corrected chi connectivity index (χ1v) is 5.89. The molecule has 0 amide bonds. The van der Waals surface area contributed by atoms with Gasteiger partial charge in [0.1, 0.15) is 0 Å². The van der Waals surface area contributed by atoms with Gasteiger partial charge >= 0.3 is 0 Å². The molecule has 0 aliphatic carbocycles. The Morgan fingerprint density at radius 2 is 1.86 bits per heavy atom. The lowest BCUT2D eigenvalue weighted by molar-refractivity contribution is 0.291. The Balaban J connectivity index is 4.11. The largest absolute Gasteiger partial charge is 0.103 e. The summed E-state index contributed by atoms with van der Waals surface area (Å²) < 4.78 is 0. The molecule has 0 rings (SSSR count). The molecule has 0 aromatic rings. The average molecular weight is 194 g/mol. The first kappa shape index (κ1) is 13.5. The molecular weight excluding hydrogens is 168 g/mol. The molecule has 82 valence electrons. The van der Waals surface area contributed by atoms with Gasteiger partial charge in [-0.2, -0.15) is 0 Å². The van der Waals surface area contributed by atoms with Crippen molar-refractivity contribution in [3.63, 3.8) is 0 Å². The van der Waals surface area contributed by atoms with E-state index in [1.807, 2.05) is 6.08 Å². The van der Waals surface area contributed by atoms with Crippen molar-refractivity contribution in [2.24, 2.45) is 17.8 Å². The second-order valence-electron chi connectivity index (χ2n) is 4.50. The van der Waals surface area contributed by atoms with Crippen molar-refractivity contribution >= 4 is 0 Å². The van der Waals surface area contributed by atoms with Gasteiger partial charge in [0.15, 0.2) is 0 Å². The van der Waals surface area contributed by atoms with Gasteiger partial charge in [0.25, 0.3) is 0 Å². The lowest BCUT2D eigenvalue weighted by Gasteiger charge is -2.24. The fourth-order valence-electron chi connectivity index (χ4n) is 2.03. The molecule has 0 saturated heterocycles. The van der Waals surface area contributed by atoms with Crippen LogP contribution < -0.4 is 0 Å². The van der Waals surface area contributed by atoms with Crippen molar-refractivity contribution in [3.8, 4) is 0 Å². The highest BCUT2D eigenvalue weighted by Gasteiger charge is 2.16. The van der Waals surface area contributed by atoms with Crippen LogP contribution in [-0.4, -0.2) is 0 Å². The maximum Gasteiger partial charge on any atom is -0.0262 e. The van der Waals surface area contributed by atoms with Crippen LogP contribution >= 0.6 is 0 Å². The van der Waals surface area contributed by atoms with Crippen molar-refractivity contribution in [2.75, 3.05) is 0 Å². The third-order valence-corrected chi connectivity index (χ3v) is 3.08. The lowest BCUT2D eigenvalue weighted by atomic mass is 9.81. The highest BCUT2D eigenvalue weighted by atomic mass is 14.2. The Labute approximate surface area is 90.1 Å². The average Bonchev–Trinajstić information content (AvgIpc) is 2.17. The molecule has 0 spiro atoms. The summed E-state index contributed by atoms with van der Waals surface area (Å²) >= 11 is 0. The quantitative estimate of drug-likeness (QED) is 0.486. The normalized spacial score (nSPS) is 17.1. The van der Waals surface area contributed by atoms with Crippen LogP contribution in [0.5, 0.6) is 0 Å². The molecule has 0 aliphatic rings. The highest BCUT2D eigenvalue weighted by Crippen LogP contribution is 2.27. The molecule has 0 aromatic carbocycles. The number of rotatable bonds is 8. The zero-order valence-electron chi connectivity index (χ0n) is 10.1. The van der Waals surface area contributed by atoms with Gasteiger partial charge in [-0.3, -0.25) is 0 Å². The molecule has 0 aliphatic heterocycles. The minimum absolute atomic E-state index is 0.652. The molecule has 0 bridgehead atoms. The van der Waals surface area contributed by atoms with Crippen LogP contribution in [0.1, 0.15) is 46.5 Å². The number of hydrogen-bond donors (Lipinski definition) is 0. The molecular formula is C14H26. The standard InChI is InChI=1S/C14H26/c1-6-9-13(5)14(10-7-2)11-12(4)8-3/h6,8,12-14H,1,3,7,9-11H2,2,4-5H3. The summed E-state index contributed by atoms with van der Waals surface area (Å²) in [6.07, 6.45) is 9.18. The van der Waals surface area contributed by atoms with Crippen molar-refractivity contribution in [1.82, 2.24) is 0 Å². The molecule has 0 fully saturated rings. The van der Waals surface area contributed by atoms with Crippen molar-refractivity contribution in [2.45, 2.75) is 46.5 Å². The zero-order chi connectivity index (χ0) is 11.0. The second kappa shape index (κ2) is 7.84. The summed E-state index contributed by atoms with van der Waals surface area (Å²) in [7, 11) is 0. The molecule has 0 saturated carbocycles. The Hall–Kier alpha value is -0.520. The van der Waals surface area contributed by atoms with Crippen LogP contribution in [0.2, 0.25) is 0 Å². The van der Waals surface area contributed by atoms with Crippen LogP contribution in [-0.2, 0) is 0 Å². The van der Waals surface area contributed by atoms with E-state index in [9.17, 15) is 0 Å². The molecule has 0 radical (unpaired) electrons. The monoisotopic (exact) mass is 194 g/mol. The van der Waals surface area contributed by atoms with Crippen molar-refractivity contribution < 1.29 is 0 Å². The first-order chi connectivity index (χ1) is 6.65. The van der Waals surface area contributed by atoms with E-state index in [2.05, 4.69) is 40.0 Å². The zero-order valence-corrected chi connectivity index (χ0v) is 10.1. The van der Waals surface area contributed by atoms with Gasteiger partial charge in [-0.15, -0.1) is 13.2 Å². The van der Waals surface area contributed by atoms with E-state index in [0.717, 1.165) is 18.3 Å². The minimum atomic E-state index is 0.652. The van der Waals surface area contributed by atoms with Gasteiger partial charge in [-0.1, -0.05) is 45.8 Å². The van der Waals surface area contributed by atoms with E-state index in [1.165, 1.54) is 19.3 Å². The summed E-state index contributed by atoms with van der Waals surface area (Å²) in [5.41, 5.74) is 0. The smallest absolute Gasteiger partial charge is 0.0262 e. The van der Waals surface area contributed by atoms with Crippen molar-refractivity contribution in [3.05, 3.63) is 25.3 Å². The second-order valence-corrected chi connectivity index (χ2v) is 4.50. The van der Waals surface area contributed by atoms with E-state index >= 15 is 0 Å². The topological polar surface area (TPSA) is 0 Å². The van der Waals surface area contributed by atoms with Gasteiger partial charge in [0.05, 0.1) is 0 Å². The van der Waals surface area contributed by atoms with Gasteiger partial charge in [-0.05, 0) is 30.6 Å². The summed E-state index contributed by atoms with van der Waals surface area (Å²) in [6, 6.07) is 0. The molecule has 3 atom stereocenters. The minimum Gasteiger partial charge on any atom is -0.103 e. The number of hydrogen-bond acceptors (Lipinski definition) is 0. The molecule has 0 heterocycles. The summed E-state index contributed by atoms with van der Waals surface area (Å²) in [6.45, 7) is 14.6. The lowest BCUT2D eigenvalue weighted by Crippen LogP contribution is -2.14. The van der Waals surface area contributed by atoms with Gasteiger partial charge in [0.2, 0.25) is 0 Å². The third-order valence-electron chi connectivity index (χ3n) is 3.08. The molecule has 14 heavy (non-hydrogen) atoms. The fourth-order valence-corrected chi connectivity index (χ4v) is 2.03. The predicted molar refractivity (Wildman–Crippen MR) is 66.4 cm³/mol. The van der Waals surface area contributed by atoms with E-state index in [0.29, 0.717) is 5.92 Å². The van der Waals surface area contributed by atoms with Gasteiger partial charge in [-0.25, -0.2) is 0 Å². The SMILES string of the molecule is C=CCC(C)C(CCC)CC(C)C=C. The molecule has 0 nitrogen and oxygen atoms in total. The Morgan fingerprint density at radius 1 is 1.21 bits per heavy atom. The van der Waals surface area contributed by atoms with Gasteiger partial charge < -0.3 is 0 Å². The Bertz CT molecular complexity index is 157. The van der Waals surface area contributed by atoms with E-state index in [1.54, 1.807) is 0 Å². The van der Waals surface area contributed by atoms with Crippen LogP contribution in [0.15, 0.2) is 25.3 Å². The van der Waals surface area contributed by atoms with Gasteiger partial charge in [0, 0.05) is 0 Å². The van der Waals surface area contributed by atoms with E-state index in [4.69, 9.17) is 0 Å². The summed E-state index contributed by atoms with van der Waals surface area (Å²) in [5.74, 6) is 2.26. The van der Waals surface area contributed by atoms with Crippen LogP contribution in [0, 0.1) is 17.8 Å². The fraction of sp³-hybridized carbons (Fsp3) is 0.714. The number of allylic oxidation sites excluding steroid dienone is 2. The first-order valence-electron chi connectivity index (χ1n) is 5.89. The Kier molecular flexibility index (Phi) is 7.55. The maximum atomic E-state index is 3.86. The van der Waals surface area contributed by atoms with E-state index in [-0.39, 0.29) is 0 Å². The van der Waals surface area contributed by atoms with E-state index < -0.39 is 0 Å². The summed E-state index contributed by atoms with van der Waals surface area (Å²) in [4.78, 5) is 0. The maximum absolute atomic E-state index is 3.86.